The Hall–Kier alpha value is -2.86. The minimum atomic E-state index is -2.68. The van der Waals surface area contributed by atoms with Crippen LogP contribution in [0.5, 0.6) is 0 Å². The van der Waals surface area contributed by atoms with E-state index in [1.165, 1.54) is 17.2 Å². The monoisotopic (exact) mass is 585 g/mol. The molecule has 2 N–H and O–H groups in total. The number of anilines is 2. The summed E-state index contributed by atoms with van der Waals surface area (Å²) in [5, 5.41) is 0. The molecule has 9 nitrogen and oxygen atoms in total. The van der Waals surface area contributed by atoms with Crippen LogP contribution in [0.25, 0.3) is 6.08 Å². The summed E-state index contributed by atoms with van der Waals surface area (Å²) >= 11 is 0. The van der Waals surface area contributed by atoms with Gasteiger partial charge in [-0.15, -0.1) is 0 Å². The number of pyridine rings is 1. The molecule has 42 heavy (non-hydrogen) atoms. The van der Waals surface area contributed by atoms with Gasteiger partial charge in [-0.2, -0.15) is 0 Å². The van der Waals surface area contributed by atoms with Crippen molar-refractivity contribution in [2.24, 2.45) is 0 Å². The van der Waals surface area contributed by atoms with Gasteiger partial charge in [0, 0.05) is 88.8 Å². The fraction of sp³-hybridized carbons (Fsp3) is 0.613. The molecule has 5 rings (SSSR count). The van der Waals surface area contributed by atoms with E-state index >= 15 is 0 Å². The molecule has 0 atom stereocenters. The Morgan fingerprint density at radius 2 is 1.83 bits per heavy atom. The number of carbonyl (C=O) groups is 1. The second-order valence-electron chi connectivity index (χ2n) is 11.7. The molecule has 11 heteroatoms. The first kappa shape index (κ1) is 30.6. The van der Waals surface area contributed by atoms with Gasteiger partial charge in [0.1, 0.15) is 11.5 Å². The van der Waals surface area contributed by atoms with Crippen molar-refractivity contribution in [1.29, 1.82) is 0 Å². The standard InChI is InChI=1S/C31H45F2N7O2/c1-5-7-25-26(40-20-24(21-40)37-13-15-39(16-14-37)28(41)6-2)18-27(36-29(25)30(32)33)38-11-8-31(9-12-38)23(4)22(3)19-35-34-10-17-42-31/h5-7,18,24,30,34-35H,2,8-17,19-21H2,1,3-4H3/b7-5-,23-22+. The van der Waals surface area contributed by atoms with Crippen LogP contribution in [0.3, 0.4) is 0 Å². The van der Waals surface area contributed by atoms with Crippen LogP contribution in [0.4, 0.5) is 20.3 Å². The van der Waals surface area contributed by atoms with Crippen molar-refractivity contribution in [3.05, 3.63) is 47.2 Å². The van der Waals surface area contributed by atoms with Crippen molar-refractivity contribution < 1.29 is 18.3 Å². The van der Waals surface area contributed by atoms with Crippen LogP contribution in [0.1, 0.15) is 51.3 Å². The highest BCUT2D eigenvalue weighted by molar-refractivity contribution is 5.87. The fourth-order valence-corrected chi connectivity index (χ4v) is 6.62. The number of hydrogen-bond acceptors (Lipinski definition) is 8. The van der Waals surface area contributed by atoms with Crippen LogP contribution in [-0.2, 0) is 9.53 Å². The molecule has 4 aliphatic heterocycles. The predicted molar refractivity (Wildman–Crippen MR) is 163 cm³/mol. The average molecular weight is 586 g/mol. The summed E-state index contributed by atoms with van der Waals surface area (Å²) in [6, 6.07) is 2.33. The average Bonchev–Trinajstić information content (AvgIpc) is 3.04. The zero-order valence-electron chi connectivity index (χ0n) is 25.2. The van der Waals surface area contributed by atoms with Crippen molar-refractivity contribution >= 4 is 23.5 Å². The minimum Gasteiger partial charge on any atom is -0.369 e. The van der Waals surface area contributed by atoms with Crippen LogP contribution < -0.4 is 20.7 Å². The predicted octanol–water partition coefficient (Wildman–Crippen LogP) is 3.37. The molecule has 1 aromatic heterocycles. The number of halogens is 2. The molecule has 0 saturated carbocycles. The number of hydrogen-bond donors (Lipinski definition) is 2. The third-order valence-electron chi connectivity index (χ3n) is 9.42. The summed E-state index contributed by atoms with van der Waals surface area (Å²) < 4.78 is 35.4. The number of hydrazine groups is 1. The highest BCUT2D eigenvalue weighted by Crippen LogP contribution is 2.40. The smallest absolute Gasteiger partial charge is 0.281 e. The van der Waals surface area contributed by atoms with Gasteiger partial charge >= 0.3 is 0 Å². The largest absolute Gasteiger partial charge is 0.369 e. The van der Waals surface area contributed by atoms with Gasteiger partial charge in [-0.1, -0.05) is 24.3 Å². The second kappa shape index (κ2) is 13.2. The molecule has 1 aromatic rings. The molecule has 3 fully saturated rings. The normalized spacial score (nSPS) is 24.6. The second-order valence-corrected chi connectivity index (χ2v) is 11.7. The van der Waals surface area contributed by atoms with Gasteiger partial charge in [0.25, 0.3) is 6.43 Å². The summed E-state index contributed by atoms with van der Waals surface area (Å²) in [7, 11) is 0. The first-order chi connectivity index (χ1) is 20.3. The van der Waals surface area contributed by atoms with Crippen LogP contribution in [-0.4, -0.2) is 104 Å². The van der Waals surface area contributed by atoms with E-state index in [0.717, 1.165) is 57.8 Å². The molecule has 0 radical (unpaired) electrons. The Bertz CT molecular complexity index is 1200. The molecule has 0 aliphatic carbocycles. The van der Waals surface area contributed by atoms with E-state index in [9.17, 15) is 13.6 Å². The summed E-state index contributed by atoms with van der Waals surface area (Å²) in [6.45, 7) is 17.7. The Morgan fingerprint density at radius 3 is 2.48 bits per heavy atom. The van der Waals surface area contributed by atoms with Gasteiger partial charge in [-0.05, 0) is 45.3 Å². The van der Waals surface area contributed by atoms with Crippen LogP contribution in [0, 0.1) is 0 Å². The number of allylic oxidation sites excluding steroid dienone is 1. The van der Waals surface area contributed by atoms with Gasteiger partial charge in [-0.25, -0.2) is 13.8 Å². The third-order valence-corrected chi connectivity index (χ3v) is 9.42. The summed E-state index contributed by atoms with van der Waals surface area (Å²) in [5.74, 6) is 0.577. The number of aromatic nitrogens is 1. The van der Waals surface area contributed by atoms with Crippen LogP contribution in [0.15, 0.2) is 35.9 Å². The SMILES string of the molecule is C=CC(=O)N1CCN(C2CN(c3cc(N4CCC5(CC4)OCCNNC/C(C)=C/5C)nc(C(F)F)c3/C=C\C)C2)CC1. The minimum absolute atomic E-state index is 0.0275. The third kappa shape index (κ3) is 6.24. The molecule has 5 heterocycles. The molecule has 1 spiro atoms. The number of alkyl halides is 2. The number of rotatable bonds is 6. The van der Waals surface area contributed by atoms with Crippen molar-refractivity contribution in [2.45, 2.75) is 51.7 Å². The number of nitrogens with one attached hydrogen (secondary N) is 2. The Kier molecular flexibility index (Phi) is 9.61. The first-order valence-electron chi connectivity index (χ1n) is 15.1. The number of ether oxygens (including phenoxy) is 1. The maximum absolute atomic E-state index is 14.4. The van der Waals surface area contributed by atoms with Gasteiger partial charge in [0.15, 0.2) is 0 Å². The van der Waals surface area contributed by atoms with Crippen LogP contribution >= 0.6 is 0 Å². The van der Waals surface area contributed by atoms with Crippen molar-refractivity contribution in [2.75, 3.05) is 81.9 Å². The lowest BCUT2D eigenvalue weighted by Crippen LogP contribution is -2.63. The molecule has 230 valence electrons. The molecule has 3 saturated heterocycles. The Morgan fingerprint density at radius 1 is 1.12 bits per heavy atom. The van der Waals surface area contributed by atoms with Crippen molar-refractivity contribution in [1.82, 2.24) is 25.6 Å². The van der Waals surface area contributed by atoms with E-state index in [-0.39, 0.29) is 17.2 Å². The number of piperazine rings is 1. The lowest BCUT2D eigenvalue weighted by atomic mass is 9.82. The fourth-order valence-electron chi connectivity index (χ4n) is 6.62. The van der Waals surface area contributed by atoms with Crippen molar-refractivity contribution in [3.8, 4) is 0 Å². The lowest BCUT2D eigenvalue weighted by Gasteiger charge is -2.49. The van der Waals surface area contributed by atoms with Gasteiger partial charge in [0.05, 0.1) is 12.2 Å². The summed E-state index contributed by atoms with van der Waals surface area (Å²) in [6.07, 6.45) is 3.81. The number of carbonyl (C=O) groups excluding carboxylic acids is 1. The number of piperidine rings is 1. The van der Waals surface area contributed by atoms with Gasteiger partial charge in [0.2, 0.25) is 5.91 Å². The van der Waals surface area contributed by atoms with E-state index < -0.39 is 6.43 Å². The number of nitrogens with zero attached hydrogens (tertiary/aromatic N) is 5. The molecular weight excluding hydrogens is 540 g/mol. The molecule has 0 bridgehead atoms. The summed E-state index contributed by atoms with van der Waals surface area (Å²) in [5.41, 5.74) is 9.75. The first-order valence-corrected chi connectivity index (χ1v) is 15.1. The van der Waals surface area contributed by atoms with Crippen molar-refractivity contribution in [3.63, 3.8) is 0 Å². The molecule has 0 aromatic carbocycles. The van der Waals surface area contributed by atoms with E-state index in [0.29, 0.717) is 50.2 Å². The zero-order chi connectivity index (χ0) is 29.9. The Labute approximate surface area is 248 Å². The topological polar surface area (TPSA) is 76.2 Å². The quantitative estimate of drug-likeness (QED) is 0.389. The van der Waals surface area contributed by atoms with Gasteiger partial charge in [-0.3, -0.25) is 20.5 Å². The van der Waals surface area contributed by atoms with E-state index in [1.54, 1.807) is 12.2 Å². The lowest BCUT2D eigenvalue weighted by molar-refractivity contribution is -0.128. The Balaban J connectivity index is 1.33. The van der Waals surface area contributed by atoms with E-state index in [4.69, 9.17) is 4.74 Å². The number of amides is 1. The maximum atomic E-state index is 14.4. The van der Waals surface area contributed by atoms with Gasteiger partial charge < -0.3 is 19.4 Å². The molecule has 1 amide bonds. The van der Waals surface area contributed by atoms with Crippen LogP contribution in [0.2, 0.25) is 0 Å². The van der Waals surface area contributed by atoms with E-state index in [2.05, 4.69) is 51.0 Å². The molecule has 4 aliphatic rings. The molecule has 0 unspecified atom stereocenters. The summed E-state index contributed by atoms with van der Waals surface area (Å²) in [4.78, 5) is 25.1. The maximum Gasteiger partial charge on any atom is 0.281 e. The molecular formula is C31H45F2N7O2. The zero-order valence-corrected chi connectivity index (χ0v) is 25.2. The highest BCUT2D eigenvalue weighted by Gasteiger charge is 2.40. The highest BCUT2D eigenvalue weighted by atomic mass is 19.3. The van der Waals surface area contributed by atoms with E-state index in [1.807, 2.05) is 17.9 Å².